The number of non-ortho nitro benzene ring substituents is 1. The lowest BCUT2D eigenvalue weighted by atomic mass is 10.1. The molecule has 90 valence electrons. The fraction of sp³-hybridized carbons (Fsp3) is 0.417. The van der Waals surface area contributed by atoms with Crippen LogP contribution in [0.1, 0.15) is 29.8 Å². The first kappa shape index (κ1) is 11.6. The van der Waals surface area contributed by atoms with Crippen molar-refractivity contribution in [2.45, 2.75) is 20.4 Å². The van der Waals surface area contributed by atoms with Gasteiger partial charge in [-0.3, -0.25) is 14.9 Å². The Hall–Kier alpha value is -1.91. The molecule has 5 heteroatoms. The largest absolute Gasteiger partial charge is 0.334 e. The SMILES string of the molecule is CC(C)CN1Cc2cc([N+](=O)[O-])ccc2C1=O. The van der Waals surface area contributed by atoms with Gasteiger partial charge in [0.25, 0.3) is 11.6 Å². The normalized spacial score (nSPS) is 14.3. The van der Waals surface area contributed by atoms with E-state index in [-0.39, 0.29) is 11.6 Å². The molecule has 5 nitrogen and oxygen atoms in total. The number of fused-ring (bicyclic) bond motifs is 1. The third-order valence-electron chi connectivity index (χ3n) is 2.76. The second kappa shape index (κ2) is 4.16. The van der Waals surface area contributed by atoms with Crippen LogP contribution in [0.2, 0.25) is 0 Å². The highest BCUT2D eigenvalue weighted by atomic mass is 16.6. The Bertz CT molecular complexity index is 483. The van der Waals surface area contributed by atoms with Crippen LogP contribution in [-0.2, 0) is 6.54 Å². The standard InChI is InChI=1S/C12H14N2O3/c1-8(2)6-13-7-9-5-10(14(16)17)3-4-11(9)12(13)15/h3-5,8H,6-7H2,1-2H3. The zero-order valence-electron chi connectivity index (χ0n) is 9.84. The zero-order valence-corrected chi connectivity index (χ0v) is 9.84. The Morgan fingerprint density at radius 2 is 2.18 bits per heavy atom. The van der Waals surface area contributed by atoms with Crippen LogP contribution >= 0.6 is 0 Å². The summed E-state index contributed by atoms with van der Waals surface area (Å²) < 4.78 is 0. The number of benzene rings is 1. The van der Waals surface area contributed by atoms with Crippen molar-refractivity contribution < 1.29 is 9.72 Å². The topological polar surface area (TPSA) is 63.4 Å². The summed E-state index contributed by atoms with van der Waals surface area (Å²) in [6, 6.07) is 4.43. The third-order valence-corrected chi connectivity index (χ3v) is 2.76. The second-order valence-electron chi connectivity index (χ2n) is 4.68. The fourth-order valence-corrected chi connectivity index (χ4v) is 2.07. The molecule has 1 amide bonds. The van der Waals surface area contributed by atoms with E-state index >= 15 is 0 Å². The van der Waals surface area contributed by atoms with Gasteiger partial charge in [-0.15, -0.1) is 0 Å². The molecule has 1 aromatic rings. The molecule has 0 N–H and O–H groups in total. The van der Waals surface area contributed by atoms with Gasteiger partial charge >= 0.3 is 0 Å². The molecule has 0 aromatic heterocycles. The summed E-state index contributed by atoms with van der Waals surface area (Å²) >= 11 is 0. The Morgan fingerprint density at radius 3 is 2.76 bits per heavy atom. The third kappa shape index (κ3) is 2.13. The highest BCUT2D eigenvalue weighted by molar-refractivity contribution is 5.98. The summed E-state index contributed by atoms with van der Waals surface area (Å²) in [6.45, 7) is 5.24. The number of nitro benzene ring substituents is 1. The molecular weight excluding hydrogens is 220 g/mol. The van der Waals surface area contributed by atoms with Gasteiger partial charge in [0.2, 0.25) is 0 Å². The molecule has 0 bridgehead atoms. The van der Waals surface area contributed by atoms with Crippen LogP contribution in [0.4, 0.5) is 5.69 Å². The smallest absolute Gasteiger partial charge is 0.269 e. The Balaban J connectivity index is 2.28. The summed E-state index contributed by atoms with van der Waals surface area (Å²) in [4.78, 5) is 23.9. The van der Waals surface area contributed by atoms with Crippen molar-refractivity contribution in [3.63, 3.8) is 0 Å². The summed E-state index contributed by atoms with van der Waals surface area (Å²) in [5.41, 5.74) is 1.39. The maximum atomic E-state index is 12.0. The minimum Gasteiger partial charge on any atom is -0.334 e. The number of nitro groups is 1. The first-order valence-corrected chi connectivity index (χ1v) is 5.55. The molecule has 0 fully saturated rings. The van der Waals surface area contributed by atoms with Gasteiger partial charge in [-0.2, -0.15) is 0 Å². The van der Waals surface area contributed by atoms with E-state index < -0.39 is 4.92 Å². The summed E-state index contributed by atoms with van der Waals surface area (Å²) in [7, 11) is 0. The van der Waals surface area contributed by atoms with E-state index in [1.54, 1.807) is 11.0 Å². The van der Waals surface area contributed by atoms with Crippen LogP contribution in [0, 0.1) is 16.0 Å². The predicted molar refractivity (Wildman–Crippen MR) is 62.7 cm³/mol. The molecule has 1 aliphatic rings. The summed E-state index contributed by atoms with van der Waals surface area (Å²) in [5.74, 6) is 0.367. The predicted octanol–water partition coefficient (Wildman–Crippen LogP) is 2.21. The number of carbonyl (C=O) groups excluding carboxylic acids is 1. The second-order valence-corrected chi connectivity index (χ2v) is 4.68. The molecule has 2 rings (SSSR count). The van der Waals surface area contributed by atoms with Crippen LogP contribution in [0.15, 0.2) is 18.2 Å². The first-order valence-electron chi connectivity index (χ1n) is 5.55. The molecular formula is C12H14N2O3. The van der Waals surface area contributed by atoms with E-state index in [9.17, 15) is 14.9 Å². The molecule has 0 saturated heterocycles. The number of hydrogen-bond donors (Lipinski definition) is 0. The van der Waals surface area contributed by atoms with Gasteiger partial charge in [0, 0.05) is 30.8 Å². The summed E-state index contributed by atoms with van der Waals surface area (Å²) in [6.07, 6.45) is 0. The average molecular weight is 234 g/mol. The minimum absolute atomic E-state index is 0.0244. The first-order chi connectivity index (χ1) is 7.99. The van der Waals surface area contributed by atoms with Crippen LogP contribution in [0.3, 0.4) is 0 Å². The lowest BCUT2D eigenvalue weighted by molar-refractivity contribution is -0.384. The fourth-order valence-electron chi connectivity index (χ4n) is 2.07. The molecule has 0 unspecified atom stereocenters. The number of amides is 1. The zero-order chi connectivity index (χ0) is 12.6. The van der Waals surface area contributed by atoms with E-state index in [1.807, 2.05) is 13.8 Å². The molecule has 1 heterocycles. The average Bonchev–Trinajstić information content (AvgIpc) is 2.54. The summed E-state index contributed by atoms with van der Waals surface area (Å²) in [5, 5.41) is 10.6. The van der Waals surface area contributed by atoms with Gasteiger partial charge in [0.1, 0.15) is 0 Å². The van der Waals surface area contributed by atoms with E-state index in [0.717, 1.165) is 5.56 Å². The number of hydrogen-bond acceptors (Lipinski definition) is 3. The Morgan fingerprint density at radius 1 is 1.47 bits per heavy atom. The molecule has 0 saturated carbocycles. The van der Waals surface area contributed by atoms with E-state index in [1.165, 1.54) is 12.1 Å². The maximum absolute atomic E-state index is 12.0. The van der Waals surface area contributed by atoms with Crippen molar-refractivity contribution in [1.29, 1.82) is 0 Å². The molecule has 1 aromatic carbocycles. The number of carbonyl (C=O) groups is 1. The lowest BCUT2D eigenvalue weighted by Crippen LogP contribution is -2.27. The van der Waals surface area contributed by atoms with Gasteiger partial charge in [-0.1, -0.05) is 13.8 Å². The monoisotopic (exact) mass is 234 g/mol. The number of rotatable bonds is 3. The van der Waals surface area contributed by atoms with Gasteiger partial charge in [-0.25, -0.2) is 0 Å². The van der Waals surface area contributed by atoms with E-state index in [2.05, 4.69) is 0 Å². The van der Waals surface area contributed by atoms with Gasteiger partial charge < -0.3 is 4.90 Å². The Kier molecular flexibility index (Phi) is 2.83. The minimum atomic E-state index is -0.435. The van der Waals surface area contributed by atoms with Gasteiger partial charge in [0.15, 0.2) is 0 Å². The van der Waals surface area contributed by atoms with Gasteiger partial charge in [0.05, 0.1) is 4.92 Å². The molecule has 0 aliphatic carbocycles. The van der Waals surface area contributed by atoms with Crippen LogP contribution < -0.4 is 0 Å². The maximum Gasteiger partial charge on any atom is 0.269 e. The van der Waals surface area contributed by atoms with Crippen molar-refractivity contribution in [1.82, 2.24) is 4.90 Å². The van der Waals surface area contributed by atoms with Crippen LogP contribution in [0.25, 0.3) is 0 Å². The van der Waals surface area contributed by atoms with Crippen molar-refractivity contribution in [3.05, 3.63) is 39.4 Å². The lowest BCUT2D eigenvalue weighted by Gasteiger charge is -2.17. The number of nitrogens with zero attached hydrogens (tertiary/aromatic N) is 2. The molecule has 17 heavy (non-hydrogen) atoms. The van der Waals surface area contributed by atoms with Crippen LogP contribution in [0.5, 0.6) is 0 Å². The van der Waals surface area contributed by atoms with Crippen molar-refractivity contribution >= 4 is 11.6 Å². The Labute approximate surface area is 99.2 Å². The van der Waals surface area contributed by atoms with Crippen molar-refractivity contribution in [3.8, 4) is 0 Å². The van der Waals surface area contributed by atoms with Crippen LogP contribution in [-0.4, -0.2) is 22.3 Å². The van der Waals surface area contributed by atoms with Gasteiger partial charge in [-0.05, 0) is 17.5 Å². The van der Waals surface area contributed by atoms with Crippen molar-refractivity contribution in [2.24, 2.45) is 5.92 Å². The molecule has 0 spiro atoms. The highest BCUT2D eigenvalue weighted by Crippen LogP contribution is 2.27. The quantitative estimate of drug-likeness (QED) is 0.595. The molecule has 0 atom stereocenters. The molecule has 1 aliphatic heterocycles. The molecule has 0 radical (unpaired) electrons. The highest BCUT2D eigenvalue weighted by Gasteiger charge is 2.28. The van der Waals surface area contributed by atoms with E-state index in [0.29, 0.717) is 24.6 Å². The van der Waals surface area contributed by atoms with Crippen molar-refractivity contribution in [2.75, 3.05) is 6.54 Å². The van der Waals surface area contributed by atoms with E-state index in [4.69, 9.17) is 0 Å².